The first kappa shape index (κ1) is 12.0. The Labute approximate surface area is 114 Å². The van der Waals surface area contributed by atoms with Gasteiger partial charge >= 0.3 is 0 Å². The average Bonchev–Trinajstić information content (AvgIpc) is 2.77. The summed E-state index contributed by atoms with van der Waals surface area (Å²) in [5, 5.41) is 2.69. The maximum absolute atomic E-state index is 3.99. The van der Waals surface area contributed by atoms with E-state index in [-0.39, 0.29) is 0 Å². The minimum absolute atomic E-state index is 1.24. The van der Waals surface area contributed by atoms with Crippen LogP contribution in [-0.2, 0) is 0 Å². The molecule has 0 atom stereocenters. The number of nitrogens with zero attached hydrogens (tertiary/aromatic N) is 1. The van der Waals surface area contributed by atoms with Gasteiger partial charge < -0.3 is 4.57 Å². The first-order chi connectivity index (χ1) is 9.07. The van der Waals surface area contributed by atoms with Crippen molar-refractivity contribution in [2.24, 2.45) is 0 Å². The molecule has 3 aromatic rings. The molecule has 1 nitrogen and oxygen atoms in total. The Morgan fingerprint density at radius 1 is 0.895 bits per heavy atom. The van der Waals surface area contributed by atoms with E-state index in [0.29, 0.717) is 0 Å². The third kappa shape index (κ3) is 1.42. The topological polar surface area (TPSA) is 4.93 Å². The Bertz CT molecular complexity index is 819. The van der Waals surface area contributed by atoms with Crippen LogP contribution in [0.5, 0.6) is 0 Å². The van der Waals surface area contributed by atoms with Crippen molar-refractivity contribution in [1.82, 2.24) is 4.57 Å². The molecule has 1 heterocycles. The van der Waals surface area contributed by atoms with Crippen molar-refractivity contribution in [3.63, 3.8) is 0 Å². The molecule has 1 heteroatoms. The maximum Gasteiger partial charge on any atom is 0.0569 e. The maximum atomic E-state index is 3.99. The van der Waals surface area contributed by atoms with Gasteiger partial charge in [-0.15, -0.1) is 0 Å². The molecule has 0 saturated heterocycles. The van der Waals surface area contributed by atoms with E-state index in [2.05, 4.69) is 63.1 Å². The smallest absolute Gasteiger partial charge is 0.0569 e. The molecule has 0 aliphatic carbocycles. The second kappa shape index (κ2) is 3.99. The summed E-state index contributed by atoms with van der Waals surface area (Å²) >= 11 is 0. The number of aromatic nitrogens is 1. The van der Waals surface area contributed by atoms with Gasteiger partial charge in [-0.1, -0.05) is 24.8 Å². The minimum atomic E-state index is 1.24. The first-order valence-corrected chi connectivity index (χ1v) is 6.69. The van der Waals surface area contributed by atoms with Gasteiger partial charge in [0.15, 0.2) is 0 Å². The molecule has 0 aliphatic rings. The summed E-state index contributed by atoms with van der Waals surface area (Å²) in [7, 11) is 0. The van der Waals surface area contributed by atoms with E-state index in [4.69, 9.17) is 0 Å². The lowest BCUT2D eigenvalue weighted by molar-refractivity contribution is 1.21. The van der Waals surface area contributed by atoms with E-state index in [1.54, 1.807) is 0 Å². The van der Waals surface area contributed by atoms with E-state index in [9.17, 15) is 0 Å². The highest BCUT2D eigenvalue weighted by atomic mass is 15.0. The highest BCUT2D eigenvalue weighted by Crippen LogP contribution is 2.36. The number of benzene rings is 2. The fourth-order valence-electron chi connectivity index (χ4n) is 3.13. The summed E-state index contributed by atoms with van der Waals surface area (Å²) in [6.45, 7) is 12.9. The van der Waals surface area contributed by atoms with Crippen molar-refractivity contribution in [3.8, 4) is 0 Å². The Morgan fingerprint density at radius 3 is 2.21 bits per heavy atom. The van der Waals surface area contributed by atoms with E-state index in [1.165, 1.54) is 44.1 Å². The fourth-order valence-corrected chi connectivity index (χ4v) is 3.13. The Hall–Kier alpha value is -2.02. The quantitative estimate of drug-likeness (QED) is 0.563. The molecule has 19 heavy (non-hydrogen) atoms. The Balaban J connectivity index is 2.75. The predicted molar refractivity (Wildman–Crippen MR) is 84.8 cm³/mol. The van der Waals surface area contributed by atoms with Crippen molar-refractivity contribution in [1.29, 1.82) is 0 Å². The summed E-state index contributed by atoms with van der Waals surface area (Å²) in [4.78, 5) is 0. The average molecular weight is 249 g/mol. The Kier molecular flexibility index (Phi) is 2.53. The zero-order valence-electron chi connectivity index (χ0n) is 12.0. The number of hydrogen-bond acceptors (Lipinski definition) is 0. The van der Waals surface area contributed by atoms with Gasteiger partial charge in [-0.25, -0.2) is 0 Å². The lowest BCUT2D eigenvalue weighted by atomic mass is 9.94. The lowest BCUT2D eigenvalue weighted by Crippen LogP contribution is -1.95. The van der Waals surface area contributed by atoms with Gasteiger partial charge in [0.25, 0.3) is 0 Å². The second-order valence-corrected chi connectivity index (χ2v) is 5.29. The molecule has 0 N–H and O–H groups in total. The van der Waals surface area contributed by atoms with Crippen LogP contribution in [0.1, 0.15) is 22.3 Å². The van der Waals surface area contributed by atoms with Crippen LogP contribution in [0.3, 0.4) is 0 Å². The molecule has 1 aromatic heterocycles. The molecule has 0 aliphatic heterocycles. The van der Waals surface area contributed by atoms with Crippen molar-refractivity contribution >= 4 is 28.0 Å². The van der Waals surface area contributed by atoms with Gasteiger partial charge in [-0.3, -0.25) is 0 Å². The number of para-hydroxylation sites is 1. The summed E-state index contributed by atoms with van der Waals surface area (Å²) in [5.74, 6) is 0. The second-order valence-electron chi connectivity index (χ2n) is 5.29. The molecular weight excluding hydrogens is 230 g/mol. The van der Waals surface area contributed by atoms with Gasteiger partial charge in [-0.05, 0) is 56.0 Å². The number of fused-ring (bicyclic) bond motifs is 3. The molecule has 0 unspecified atom stereocenters. The molecular formula is C18H19N. The largest absolute Gasteiger partial charge is 0.316 e. The van der Waals surface area contributed by atoms with Crippen LogP contribution in [0.2, 0.25) is 0 Å². The standard InChI is InChI=1S/C18H19N/c1-6-19-16-10-8-7-9-15(16)17-13(4)11(2)12(3)14(5)18(17)19/h6-10H,1H2,2-5H3. The number of hydrogen-bond donors (Lipinski definition) is 0. The first-order valence-electron chi connectivity index (χ1n) is 6.69. The van der Waals surface area contributed by atoms with Crippen LogP contribution in [-0.4, -0.2) is 4.57 Å². The summed E-state index contributed by atoms with van der Waals surface area (Å²) < 4.78 is 2.22. The van der Waals surface area contributed by atoms with Crippen molar-refractivity contribution in [2.45, 2.75) is 27.7 Å². The van der Waals surface area contributed by atoms with Gasteiger partial charge in [0.1, 0.15) is 0 Å². The Morgan fingerprint density at radius 2 is 1.53 bits per heavy atom. The normalized spacial score (nSPS) is 11.4. The zero-order valence-corrected chi connectivity index (χ0v) is 12.0. The summed E-state index contributed by atoms with van der Waals surface area (Å²) in [6, 6.07) is 8.57. The van der Waals surface area contributed by atoms with E-state index >= 15 is 0 Å². The molecule has 0 spiro atoms. The van der Waals surface area contributed by atoms with Crippen molar-refractivity contribution in [2.75, 3.05) is 0 Å². The minimum Gasteiger partial charge on any atom is -0.316 e. The number of rotatable bonds is 1. The molecule has 0 fully saturated rings. The van der Waals surface area contributed by atoms with E-state index in [0.717, 1.165) is 0 Å². The number of aryl methyl sites for hydroxylation is 2. The third-order valence-corrected chi connectivity index (χ3v) is 4.51. The molecule has 2 aromatic carbocycles. The van der Waals surface area contributed by atoms with Gasteiger partial charge in [0.05, 0.1) is 11.0 Å². The SMILES string of the molecule is C=Cn1c2ccccc2c2c(C)c(C)c(C)c(C)c21. The van der Waals surface area contributed by atoms with Crippen molar-refractivity contribution in [3.05, 3.63) is 53.1 Å². The highest BCUT2D eigenvalue weighted by molar-refractivity contribution is 6.12. The predicted octanol–water partition coefficient (Wildman–Crippen LogP) is 5.13. The van der Waals surface area contributed by atoms with Gasteiger partial charge in [0.2, 0.25) is 0 Å². The van der Waals surface area contributed by atoms with E-state index in [1.807, 2.05) is 6.20 Å². The van der Waals surface area contributed by atoms with Gasteiger partial charge in [0, 0.05) is 17.0 Å². The van der Waals surface area contributed by atoms with Gasteiger partial charge in [-0.2, -0.15) is 0 Å². The van der Waals surface area contributed by atoms with Crippen LogP contribution in [0.4, 0.5) is 0 Å². The molecule has 0 amide bonds. The van der Waals surface area contributed by atoms with Crippen molar-refractivity contribution < 1.29 is 0 Å². The molecule has 0 radical (unpaired) electrons. The summed E-state index contributed by atoms with van der Waals surface area (Å²) in [6.07, 6.45) is 1.92. The monoisotopic (exact) mass is 249 g/mol. The molecule has 0 saturated carbocycles. The third-order valence-electron chi connectivity index (χ3n) is 4.51. The van der Waals surface area contributed by atoms with E-state index < -0.39 is 0 Å². The van der Waals surface area contributed by atoms with Crippen LogP contribution < -0.4 is 0 Å². The van der Waals surface area contributed by atoms with Crippen LogP contribution in [0, 0.1) is 27.7 Å². The highest BCUT2D eigenvalue weighted by Gasteiger charge is 2.16. The lowest BCUT2D eigenvalue weighted by Gasteiger charge is -2.12. The van der Waals surface area contributed by atoms with Crippen LogP contribution in [0.15, 0.2) is 30.8 Å². The fraction of sp³-hybridized carbons (Fsp3) is 0.222. The molecule has 3 rings (SSSR count). The zero-order chi connectivity index (χ0) is 13.7. The molecule has 96 valence electrons. The van der Waals surface area contributed by atoms with Crippen LogP contribution in [0.25, 0.3) is 28.0 Å². The molecule has 0 bridgehead atoms. The van der Waals surface area contributed by atoms with Crippen LogP contribution >= 0.6 is 0 Å². The summed E-state index contributed by atoms with van der Waals surface area (Å²) in [5.41, 5.74) is 8.07.